The smallest absolute Gasteiger partial charge is 0.271 e. The van der Waals surface area contributed by atoms with Gasteiger partial charge in [-0.2, -0.15) is 10.2 Å². The lowest BCUT2D eigenvalue weighted by Gasteiger charge is -2.26. The molecule has 10 nitrogen and oxygen atoms in total. The van der Waals surface area contributed by atoms with Gasteiger partial charge in [0.1, 0.15) is 11.8 Å². The van der Waals surface area contributed by atoms with Crippen LogP contribution in [0, 0.1) is 11.7 Å². The van der Waals surface area contributed by atoms with Gasteiger partial charge in [0.05, 0.1) is 25.5 Å². The van der Waals surface area contributed by atoms with Crippen LogP contribution in [0.4, 0.5) is 10.2 Å². The summed E-state index contributed by atoms with van der Waals surface area (Å²) in [6, 6.07) is 6.08. The molecule has 2 heterocycles. The van der Waals surface area contributed by atoms with Crippen molar-refractivity contribution in [2.75, 3.05) is 12.4 Å². The van der Waals surface area contributed by atoms with Crippen molar-refractivity contribution in [1.82, 2.24) is 19.6 Å². The number of ether oxygens (including phenoxy) is 2. The molecule has 1 saturated carbocycles. The van der Waals surface area contributed by atoms with E-state index in [4.69, 9.17) is 9.47 Å². The molecule has 0 spiro atoms. The zero-order chi connectivity index (χ0) is 27.3. The second kappa shape index (κ2) is 11.8. The Bertz CT molecular complexity index is 1310. The quantitative estimate of drug-likeness (QED) is 0.403. The van der Waals surface area contributed by atoms with Gasteiger partial charge in [-0.3, -0.25) is 14.3 Å². The molecule has 4 rings (SSSR count). The van der Waals surface area contributed by atoms with Crippen molar-refractivity contribution >= 4 is 11.7 Å². The van der Waals surface area contributed by atoms with Gasteiger partial charge in [-0.25, -0.2) is 9.07 Å². The minimum atomic E-state index is -0.966. The van der Waals surface area contributed by atoms with E-state index in [9.17, 15) is 19.1 Å². The predicted molar refractivity (Wildman–Crippen MR) is 139 cm³/mol. The van der Waals surface area contributed by atoms with Crippen LogP contribution in [0.1, 0.15) is 58.4 Å². The number of anilines is 1. The van der Waals surface area contributed by atoms with Gasteiger partial charge in [0.15, 0.2) is 23.1 Å². The van der Waals surface area contributed by atoms with E-state index in [1.54, 1.807) is 36.9 Å². The maximum atomic E-state index is 14.3. The fourth-order valence-electron chi connectivity index (χ4n) is 4.69. The summed E-state index contributed by atoms with van der Waals surface area (Å²) in [7, 11) is 1.43. The predicted octanol–water partition coefficient (Wildman–Crippen LogP) is 4.30. The van der Waals surface area contributed by atoms with Crippen LogP contribution in [0.3, 0.4) is 0 Å². The van der Waals surface area contributed by atoms with E-state index >= 15 is 0 Å². The average Bonchev–Trinajstić information content (AvgIpc) is 3.29. The van der Waals surface area contributed by atoms with Gasteiger partial charge in [0, 0.05) is 24.4 Å². The summed E-state index contributed by atoms with van der Waals surface area (Å²) >= 11 is 0. The highest BCUT2D eigenvalue weighted by Gasteiger charge is 2.28. The summed E-state index contributed by atoms with van der Waals surface area (Å²) in [5.74, 6) is -0.146. The molecule has 204 valence electrons. The van der Waals surface area contributed by atoms with Crippen LogP contribution >= 0.6 is 0 Å². The molecule has 38 heavy (non-hydrogen) atoms. The third-order valence-electron chi connectivity index (χ3n) is 6.49. The van der Waals surface area contributed by atoms with Crippen LogP contribution < -0.4 is 20.3 Å². The number of halogens is 1. The summed E-state index contributed by atoms with van der Waals surface area (Å²) in [5.41, 5.74) is -1.51. The van der Waals surface area contributed by atoms with E-state index in [1.165, 1.54) is 31.5 Å². The summed E-state index contributed by atoms with van der Waals surface area (Å²) < 4.78 is 27.5. The van der Waals surface area contributed by atoms with Gasteiger partial charge in [-0.05, 0) is 38.3 Å². The number of hydrogen-bond acceptors (Lipinski definition) is 7. The molecular weight excluding hydrogens is 493 g/mol. The molecule has 1 aliphatic carbocycles. The van der Waals surface area contributed by atoms with Gasteiger partial charge in [-0.15, -0.1) is 0 Å². The van der Waals surface area contributed by atoms with Crippen LogP contribution in [-0.4, -0.2) is 43.3 Å². The number of nitrogens with one attached hydrogen (secondary N) is 1. The van der Waals surface area contributed by atoms with Crippen molar-refractivity contribution in [2.24, 2.45) is 5.92 Å². The summed E-state index contributed by atoms with van der Waals surface area (Å²) in [6.45, 7) is 3.59. The van der Waals surface area contributed by atoms with Crippen LogP contribution in [-0.2, 0) is 11.3 Å². The number of benzene rings is 1. The van der Waals surface area contributed by atoms with E-state index in [0.717, 1.165) is 36.8 Å². The number of rotatable bonds is 10. The van der Waals surface area contributed by atoms with Gasteiger partial charge in [-0.1, -0.05) is 32.1 Å². The Morgan fingerprint density at radius 1 is 1.21 bits per heavy atom. The molecule has 3 aromatic rings. The molecule has 2 N–H and O–H groups in total. The molecule has 0 bridgehead atoms. The van der Waals surface area contributed by atoms with Crippen LogP contribution in [0.5, 0.6) is 17.2 Å². The first-order chi connectivity index (χ1) is 18.1. The van der Waals surface area contributed by atoms with E-state index in [0.29, 0.717) is 18.0 Å². The average molecular weight is 528 g/mol. The summed E-state index contributed by atoms with van der Waals surface area (Å²) in [4.78, 5) is 26.5. The third kappa shape index (κ3) is 7.18. The minimum Gasteiger partial charge on any atom is -0.497 e. The Kier molecular flexibility index (Phi) is 8.45. The van der Waals surface area contributed by atoms with E-state index in [-0.39, 0.29) is 24.0 Å². The van der Waals surface area contributed by atoms with E-state index < -0.39 is 28.9 Å². The third-order valence-corrected chi connectivity index (χ3v) is 6.49. The van der Waals surface area contributed by atoms with Gasteiger partial charge in [0.2, 0.25) is 0 Å². The van der Waals surface area contributed by atoms with E-state index in [2.05, 4.69) is 15.5 Å². The maximum Gasteiger partial charge on any atom is 0.271 e. The van der Waals surface area contributed by atoms with Crippen molar-refractivity contribution in [1.29, 1.82) is 0 Å². The zero-order valence-electron chi connectivity index (χ0n) is 21.9. The number of aromatic nitrogens is 4. The fraction of sp³-hybridized carbons (Fsp3) is 0.481. The number of amides is 1. The molecular formula is C27H34FN5O5. The lowest BCUT2D eigenvalue weighted by atomic mass is 9.84. The lowest BCUT2D eigenvalue weighted by molar-refractivity contribution is -0.120. The number of aliphatic hydroxyl groups is 1. The highest BCUT2D eigenvalue weighted by Crippen LogP contribution is 2.31. The molecule has 1 amide bonds. The molecule has 0 aliphatic heterocycles. The van der Waals surface area contributed by atoms with Gasteiger partial charge < -0.3 is 19.9 Å². The number of hydrogen-bond donors (Lipinski definition) is 2. The van der Waals surface area contributed by atoms with Crippen molar-refractivity contribution in [3.8, 4) is 17.2 Å². The molecule has 1 unspecified atom stereocenters. The topological polar surface area (TPSA) is 120 Å². The molecule has 0 radical (unpaired) electrons. The Hall–Kier alpha value is -3.73. The SMILES string of the molecule is COc1ccc(Oc2cnn(C(CC3CCCCC3)C(=O)Nc3ccn(CC(C)(C)O)n3)c(=O)c2)c(F)c1. The molecule has 1 aromatic carbocycles. The fourth-order valence-corrected chi connectivity index (χ4v) is 4.69. The standard InChI is InChI=1S/C27H34FN5O5/c1-27(2,36)17-32-12-11-24(31-32)30-26(35)22(13-18-7-5-4-6-8-18)33-25(34)15-20(16-29-33)38-23-10-9-19(37-3)14-21(23)28/h9-12,14-16,18,22,36H,4-8,13,17H2,1-3H3,(H,30,31,35). The number of carbonyl (C=O) groups is 1. The van der Waals surface area contributed by atoms with Crippen molar-refractivity contribution in [3.05, 3.63) is 58.9 Å². The second-order valence-corrected chi connectivity index (χ2v) is 10.3. The normalized spacial score (nSPS) is 15.2. The molecule has 1 aliphatic rings. The zero-order valence-corrected chi connectivity index (χ0v) is 21.9. The summed E-state index contributed by atoms with van der Waals surface area (Å²) in [5, 5.41) is 21.4. The summed E-state index contributed by atoms with van der Waals surface area (Å²) in [6.07, 6.45) is 8.72. The van der Waals surface area contributed by atoms with Gasteiger partial charge in [0.25, 0.3) is 11.5 Å². The van der Waals surface area contributed by atoms with Crippen molar-refractivity contribution < 1.29 is 23.8 Å². The largest absolute Gasteiger partial charge is 0.497 e. The first-order valence-electron chi connectivity index (χ1n) is 12.8. The monoisotopic (exact) mass is 527 g/mol. The van der Waals surface area contributed by atoms with Crippen LogP contribution in [0.25, 0.3) is 0 Å². The maximum absolute atomic E-state index is 14.3. The van der Waals surface area contributed by atoms with E-state index in [1.807, 2.05) is 0 Å². The highest BCUT2D eigenvalue weighted by molar-refractivity contribution is 5.92. The number of nitrogens with zero attached hydrogens (tertiary/aromatic N) is 4. The van der Waals surface area contributed by atoms with Crippen LogP contribution in [0.15, 0.2) is 47.5 Å². The molecule has 11 heteroatoms. The second-order valence-electron chi connectivity index (χ2n) is 10.3. The first-order valence-corrected chi connectivity index (χ1v) is 12.8. The molecule has 2 aromatic heterocycles. The Labute approximate surface area is 220 Å². The lowest BCUT2D eigenvalue weighted by Crippen LogP contribution is -2.36. The molecule has 0 saturated heterocycles. The first kappa shape index (κ1) is 27.3. The number of carbonyl (C=O) groups excluding carboxylic acids is 1. The van der Waals surface area contributed by atoms with Crippen molar-refractivity contribution in [3.63, 3.8) is 0 Å². The van der Waals surface area contributed by atoms with Crippen molar-refractivity contribution in [2.45, 2.75) is 70.6 Å². The molecule has 1 atom stereocenters. The van der Waals surface area contributed by atoms with Crippen LogP contribution in [0.2, 0.25) is 0 Å². The number of methoxy groups -OCH3 is 1. The Balaban J connectivity index is 1.55. The minimum absolute atomic E-state index is 0.0532. The molecule has 1 fully saturated rings. The highest BCUT2D eigenvalue weighted by atomic mass is 19.1. The Morgan fingerprint density at radius 3 is 2.63 bits per heavy atom. The Morgan fingerprint density at radius 2 is 1.97 bits per heavy atom. The van der Waals surface area contributed by atoms with Gasteiger partial charge >= 0.3 is 0 Å².